The van der Waals surface area contributed by atoms with E-state index in [0.717, 1.165) is 18.9 Å². The Balaban J connectivity index is 2.01. The smallest absolute Gasteiger partial charge is 0.126 e. The Hall–Kier alpha value is -0.960. The average molecular weight is 253 g/mol. The monoisotopic (exact) mass is 253 g/mol. The third kappa shape index (κ3) is 3.29. The molecule has 1 saturated carbocycles. The third-order valence-corrected chi connectivity index (χ3v) is 4.05. The molecule has 1 nitrogen and oxygen atoms in total. The second-order valence-electron chi connectivity index (χ2n) is 5.64. The lowest BCUT2D eigenvalue weighted by molar-refractivity contribution is 0.244. The highest BCUT2D eigenvalue weighted by Gasteiger charge is 2.25. The maximum Gasteiger partial charge on any atom is 0.126 e. The SMILES string of the molecule is CC1CCCC(C(N)Cc2cc(F)ccc2F)C1. The van der Waals surface area contributed by atoms with Crippen molar-refractivity contribution in [3.8, 4) is 0 Å². The van der Waals surface area contributed by atoms with Gasteiger partial charge in [0.2, 0.25) is 0 Å². The summed E-state index contributed by atoms with van der Waals surface area (Å²) >= 11 is 0. The molecule has 0 aliphatic heterocycles. The second kappa shape index (κ2) is 5.79. The van der Waals surface area contributed by atoms with Crippen LogP contribution in [0.1, 0.15) is 38.2 Å². The van der Waals surface area contributed by atoms with E-state index in [4.69, 9.17) is 5.73 Å². The Morgan fingerprint density at radius 3 is 2.83 bits per heavy atom. The van der Waals surface area contributed by atoms with Crippen LogP contribution in [0.4, 0.5) is 8.78 Å². The fourth-order valence-electron chi connectivity index (χ4n) is 2.99. The van der Waals surface area contributed by atoms with E-state index in [1.54, 1.807) is 0 Å². The first-order chi connectivity index (χ1) is 8.56. The topological polar surface area (TPSA) is 26.0 Å². The van der Waals surface area contributed by atoms with Crippen molar-refractivity contribution >= 4 is 0 Å². The van der Waals surface area contributed by atoms with Crippen LogP contribution in [0, 0.1) is 23.5 Å². The lowest BCUT2D eigenvalue weighted by atomic mass is 9.77. The van der Waals surface area contributed by atoms with E-state index in [2.05, 4.69) is 6.92 Å². The standard InChI is InChI=1S/C15H21F2N/c1-10-3-2-4-11(7-10)15(18)9-12-8-13(16)5-6-14(12)17/h5-6,8,10-11,15H,2-4,7,9,18H2,1H3. The number of halogens is 2. The lowest BCUT2D eigenvalue weighted by Crippen LogP contribution is -2.35. The van der Waals surface area contributed by atoms with E-state index in [0.29, 0.717) is 23.8 Å². The zero-order chi connectivity index (χ0) is 13.1. The van der Waals surface area contributed by atoms with Crippen molar-refractivity contribution in [3.63, 3.8) is 0 Å². The van der Waals surface area contributed by atoms with E-state index in [1.807, 2.05) is 0 Å². The van der Waals surface area contributed by atoms with Gasteiger partial charge in [0.05, 0.1) is 0 Å². The molecule has 0 saturated heterocycles. The molecule has 1 aliphatic rings. The van der Waals surface area contributed by atoms with Crippen LogP contribution in [0.25, 0.3) is 0 Å². The molecule has 0 spiro atoms. The van der Waals surface area contributed by atoms with Crippen molar-refractivity contribution in [1.82, 2.24) is 0 Å². The van der Waals surface area contributed by atoms with Gasteiger partial charge in [-0.3, -0.25) is 0 Å². The van der Waals surface area contributed by atoms with Gasteiger partial charge in [0.25, 0.3) is 0 Å². The molecular formula is C15H21F2N. The van der Waals surface area contributed by atoms with Crippen molar-refractivity contribution in [2.45, 2.75) is 45.1 Å². The molecule has 100 valence electrons. The molecule has 1 aromatic rings. The quantitative estimate of drug-likeness (QED) is 0.874. The number of hydrogen-bond acceptors (Lipinski definition) is 1. The van der Waals surface area contributed by atoms with Crippen molar-refractivity contribution in [2.75, 3.05) is 0 Å². The Morgan fingerprint density at radius 1 is 1.33 bits per heavy atom. The molecule has 1 fully saturated rings. The zero-order valence-electron chi connectivity index (χ0n) is 10.8. The van der Waals surface area contributed by atoms with Crippen LogP contribution in [0.5, 0.6) is 0 Å². The van der Waals surface area contributed by atoms with Crippen molar-refractivity contribution in [3.05, 3.63) is 35.4 Å². The van der Waals surface area contributed by atoms with Crippen LogP contribution in [0.3, 0.4) is 0 Å². The van der Waals surface area contributed by atoms with Crippen LogP contribution < -0.4 is 5.73 Å². The normalized spacial score (nSPS) is 26.0. The molecule has 2 rings (SSSR count). The summed E-state index contributed by atoms with van der Waals surface area (Å²) in [4.78, 5) is 0. The first-order valence-electron chi connectivity index (χ1n) is 6.75. The fourth-order valence-corrected chi connectivity index (χ4v) is 2.99. The van der Waals surface area contributed by atoms with Gasteiger partial charge in [-0.2, -0.15) is 0 Å². The van der Waals surface area contributed by atoms with E-state index in [9.17, 15) is 8.78 Å². The van der Waals surface area contributed by atoms with Gasteiger partial charge in [0.1, 0.15) is 11.6 Å². The van der Waals surface area contributed by atoms with Gasteiger partial charge in [-0.1, -0.05) is 19.8 Å². The van der Waals surface area contributed by atoms with Gasteiger partial charge in [-0.05, 0) is 54.9 Å². The zero-order valence-corrected chi connectivity index (χ0v) is 10.8. The molecule has 0 aromatic heterocycles. The number of nitrogens with two attached hydrogens (primary N) is 1. The molecule has 2 N–H and O–H groups in total. The number of rotatable bonds is 3. The first-order valence-corrected chi connectivity index (χ1v) is 6.75. The minimum atomic E-state index is -0.393. The first kappa shape index (κ1) is 13.5. The summed E-state index contributed by atoms with van der Waals surface area (Å²) in [5.41, 5.74) is 6.58. The average Bonchev–Trinajstić information content (AvgIpc) is 2.34. The van der Waals surface area contributed by atoms with E-state index < -0.39 is 5.82 Å². The van der Waals surface area contributed by atoms with Gasteiger partial charge >= 0.3 is 0 Å². The van der Waals surface area contributed by atoms with Gasteiger partial charge < -0.3 is 5.73 Å². The predicted octanol–water partition coefficient (Wildman–Crippen LogP) is 3.66. The second-order valence-corrected chi connectivity index (χ2v) is 5.64. The Bertz CT molecular complexity index is 405. The number of hydrogen-bond donors (Lipinski definition) is 1. The Kier molecular flexibility index (Phi) is 4.33. The molecule has 0 heterocycles. The number of benzene rings is 1. The highest BCUT2D eigenvalue weighted by atomic mass is 19.1. The molecule has 3 heteroatoms. The highest BCUT2D eigenvalue weighted by molar-refractivity contribution is 5.20. The minimum Gasteiger partial charge on any atom is -0.327 e. The maximum atomic E-state index is 13.6. The van der Waals surface area contributed by atoms with Crippen LogP contribution in [-0.2, 0) is 6.42 Å². The van der Waals surface area contributed by atoms with Crippen LogP contribution in [0.2, 0.25) is 0 Å². The summed E-state index contributed by atoms with van der Waals surface area (Å²) in [6, 6.07) is 3.53. The molecule has 0 amide bonds. The van der Waals surface area contributed by atoms with Crippen LogP contribution >= 0.6 is 0 Å². The van der Waals surface area contributed by atoms with Crippen LogP contribution in [-0.4, -0.2) is 6.04 Å². The summed E-state index contributed by atoms with van der Waals surface area (Å²) in [6.45, 7) is 2.24. The predicted molar refractivity (Wildman–Crippen MR) is 69.2 cm³/mol. The summed E-state index contributed by atoms with van der Waals surface area (Å²) in [7, 11) is 0. The molecule has 1 aliphatic carbocycles. The molecule has 0 bridgehead atoms. The van der Waals surface area contributed by atoms with E-state index in [-0.39, 0.29) is 11.9 Å². The summed E-state index contributed by atoms with van der Waals surface area (Å²) < 4.78 is 26.6. The van der Waals surface area contributed by atoms with Gasteiger partial charge in [0, 0.05) is 6.04 Å². The lowest BCUT2D eigenvalue weighted by Gasteiger charge is -2.31. The molecule has 18 heavy (non-hydrogen) atoms. The molecule has 0 radical (unpaired) electrons. The van der Waals surface area contributed by atoms with Gasteiger partial charge in [-0.15, -0.1) is 0 Å². The molecular weight excluding hydrogens is 232 g/mol. The molecule has 3 atom stereocenters. The maximum absolute atomic E-state index is 13.6. The van der Waals surface area contributed by atoms with Crippen molar-refractivity contribution < 1.29 is 8.78 Å². The summed E-state index contributed by atoms with van der Waals surface area (Å²) in [6.07, 6.45) is 5.12. The largest absolute Gasteiger partial charge is 0.327 e. The fraction of sp³-hybridized carbons (Fsp3) is 0.600. The summed E-state index contributed by atoms with van der Waals surface area (Å²) in [5.74, 6) is 0.398. The van der Waals surface area contributed by atoms with Gasteiger partial charge in [0.15, 0.2) is 0 Å². The third-order valence-electron chi connectivity index (χ3n) is 4.05. The van der Waals surface area contributed by atoms with E-state index in [1.165, 1.54) is 25.0 Å². The Labute approximate surface area is 107 Å². The summed E-state index contributed by atoms with van der Waals surface area (Å²) in [5, 5.41) is 0. The Morgan fingerprint density at radius 2 is 2.11 bits per heavy atom. The van der Waals surface area contributed by atoms with E-state index >= 15 is 0 Å². The highest BCUT2D eigenvalue weighted by Crippen LogP contribution is 2.31. The van der Waals surface area contributed by atoms with Crippen LogP contribution in [0.15, 0.2) is 18.2 Å². The van der Waals surface area contributed by atoms with Crippen molar-refractivity contribution in [1.29, 1.82) is 0 Å². The molecule has 1 aromatic carbocycles. The van der Waals surface area contributed by atoms with Gasteiger partial charge in [-0.25, -0.2) is 8.78 Å². The minimum absolute atomic E-state index is 0.0657. The van der Waals surface area contributed by atoms with Crippen molar-refractivity contribution in [2.24, 2.45) is 17.6 Å². The molecule has 3 unspecified atom stereocenters.